The van der Waals surface area contributed by atoms with Crippen LogP contribution in [0.1, 0.15) is 25.8 Å². The summed E-state index contributed by atoms with van der Waals surface area (Å²) in [6.45, 7) is 3.47. The maximum atomic E-state index is 13.5. The van der Waals surface area contributed by atoms with Crippen LogP contribution in [0.2, 0.25) is 0 Å². The Morgan fingerprint density at radius 1 is 1.08 bits per heavy atom. The summed E-state index contributed by atoms with van der Waals surface area (Å²) in [5, 5.41) is 25.0. The highest BCUT2D eigenvalue weighted by Crippen LogP contribution is 2.22. The fraction of sp³-hybridized carbons (Fsp3) is 0.462. The van der Waals surface area contributed by atoms with E-state index >= 15 is 0 Å². The Labute approximate surface area is 228 Å². The van der Waals surface area contributed by atoms with Crippen LogP contribution in [0.5, 0.6) is 0 Å². The summed E-state index contributed by atoms with van der Waals surface area (Å²) < 4.78 is 32.7. The van der Waals surface area contributed by atoms with Gasteiger partial charge in [0.15, 0.2) is 0 Å². The number of benzene rings is 2. The lowest BCUT2D eigenvalue weighted by Gasteiger charge is -2.31. The van der Waals surface area contributed by atoms with Crippen LogP contribution in [0, 0.1) is 16.0 Å². The lowest BCUT2D eigenvalue weighted by atomic mass is 10.0. The van der Waals surface area contributed by atoms with E-state index in [2.05, 4.69) is 10.1 Å². The molecule has 0 spiro atoms. The summed E-state index contributed by atoms with van der Waals surface area (Å²) in [7, 11) is -1.38. The van der Waals surface area contributed by atoms with Crippen molar-refractivity contribution >= 4 is 27.7 Å². The molecule has 0 aliphatic heterocycles. The van der Waals surface area contributed by atoms with E-state index < -0.39 is 39.1 Å². The molecule has 39 heavy (non-hydrogen) atoms. The van der Waals surface area contributed by atoms with Crippen LogP contribution in [0.3, 0.4) is 0 Å². The van der Waals surface area contributed by atoms with Crippen LogP contribution >= 0.6 is 0 Å². The van der Waals surface area contributed by atoms with Crippen molar-refractivity contribution in [1.82, 2.24) is 14.5 Å². The number of nitrogens with one attached hydrogen (secondary N) is 1. The normalized spacial score (nSPS) is 13.1. The molecule has 2 rings (SSSR count). The van der Waals surface area contributed by atoms with Gasteiger partial charge in [-0.25, -0.2) is 13.2 Å². The van der Waals surface area contributed by atoms with Gasteiger partial charge in [0.05, 0.1) is 35.5 Å². The number of hydrogen-bond acceptors (Lipinski definition) is 8. The Balaban J connectivity index is 2.30. The first-order valence-electron chi connectivity index (χ1n) is 12.4. The number of urea groups is 1. The molecule has 2 amide bonds. The van der Waals surface area contributed by atoms with E-state index in [-0.39, 0.29) is 49.0 Å². The zero-order valence-electron chi connectivity index (χ0n) is 22.5. The average molecular weight is 565 g/mol. The zero-order valence-corrected chi connectivity index (χ0v) is 23.3. The van der Waals surface area contributed by atoms with Crippen LogP contribution < -0.4 is 5.32 Å². The Morgan fingerprint density at radius 2 is 1.69 bits per heavy atom. The van der Waals surface area contributed by atoms with E-state index in [0.717, 1.165) is 34.1 Å². The van der Waals surface area contributed by atoms with Gasteiger partial charge in [-0.05, 0) is 30.0 Å². The number of sulfonamides is 1. The standard InChI is InChI=1S/C26H36N4O8S/c1-19(2)17-29(39(36,37)22-12-10-21(11-13-22)30(34)35)18-24(31)23(16-20-8-6-5-7-9-20)27-26(33)28(3)15-14-25(32)38-4/h5-13,19,23-24,31H,14-18H2,1-4H3,(H,27,33)/t23-,24+/m0/s1. The first kappa shape index (κ1) is 31.7. The molecular formula is C26H36N4O8S. The second kappa shape index (κ2) is 14.6. The Kier molecular flexibility index (Phi) is 11.8. The van der Waals surface area contributed by atoms with Gasteiger partial charge in [0.2, 0.25) is 10.0 Å². The van der Waals surface area contributed by atoms with Gasteiger partial charge in [0.25, 0.3) is 5.69 Å². The van der Waals surface area contributed by atoms with E-state index in [4.69, 9.17) is 0 Å². The van der Waals surface area contributed by atoms with Gasteiger partial charge in [-0.15, -0.1) is 0 Å². The van der Waals surface area contributed by atoms with Crippen molar-refractivity contribution in [3.8, 4) is 0 Å². The second-order valence-corrected chi connectivity index (χ2v) is 11.5. The molecule has 0 radical (unpaired) electrons. The monoisotopic (exact) mass is 564 g/mol. The summed E-state index contributed by atoms with van der Waals surface area (Å²) in [5.41, 5.74) is 0.569. The summed E-state index contributed by atoms with van der Waals surface area (Å²) in [4.78, 5) is 35.9. The topological polar surface area (TPSA) is 159 Å². The van der Waals surface area contributed by atoms with E-state index in [0.29, 0.717) is 0 Å². The smallest absolute Gasteiger partial charge is 0.317 e. The number of hydrogen-bond donors (Lipinski definition) is 2. The lowest BCUT2D eigenvalue weighted by Crippen LogP contribution is -2.53. The van der Waals surface area contributed by atoms with Crippen LogP contribution in [0.25, 0.3) is 0 Å². The minimum Gasteiger partial charge on any atom is -0.469 e. The van der Waals surface area contributed by atoms with E-state index in [9.17, 15) is 33.2 Å². The van der Waals surface area contributed by atoms with Gasteiger partial charge < -0.3 is 20.1 Å². The number of aliphatic hydroxyl groups excluding tert-OH is 1. The predicted molar refractivity (Wildman–Crippen MR) is 144 cm³/mol. The van der Waals surface area contributed by atoms with Crippen molar-refractivity contribution in [1.29, 1.82) is 0 Å². The third kappa shape index (κ3) is 9.61. The number of rotatable bonds is 14. The number of ether oxygens (including phenoxy) is 1. The van der Waals surface area contributed by atoms with Gasteiger partial charge >= 0.3 is 12.0 Å². The average Bonchev–Trinajstić information content (AvgIpc) is 2.90. The molecule has 0 aliphatic rings. The van der Waals surface area contributed by atoms with Gasteiger partial charge in [0.1, 0.15) is 0 Å². The maximum Gasteiger partial charge on any atom is 0.317 e. The minimum atomic E-state index is -4.13. The second-order valence-electron chi connectivity index (χ2n) is 9.53. The fourth-order valence-electron chi connectivity index (χ4n) is 3.79. The quantitative estimate of drug-likeness (QED) is 0.201. The molecule has 2 atom stereocenters. The number of amides is 2. The number of methoxy groups -OCH3 is 1. The number of carbonyl (C=O) groups is 2. The molecule has 13 heteroatoms. The largest absolute Gasteiger partial charge is 0.469 e. The Bertz CT molecular complexity index is 1210. The summed E-state index contributed by atoms with van der Waals surface area (Å²) in [6, 6.07) is 12.2. The van der Waals surface area contributed by atoms with Crippen LogP contribution in [0.4, 0.5) is 10.5 Å². The first-order valence-corrected chi connectivity index (χ1v) is 13.8. The molecule has 2 aromatic rings. The lowest BCUT2D eigenvalue weighted by molar-refractivity contribution is -0.384. The van der Waals surface area contributed by atoms with E-state index in [1.165, 1.54) is 19.1 Å². The molecule has 214 valence electrons. The number of nitro groups is 1. The molecule has 0 aliphatic carbocycles. The molecule has 0 bridgehead atoms. The SMILES string of the molecule is COC(=O)CCN(C)C(=O)N[C@@H](Cc1ccccc1)[C@H](O)CN(CC(C)C)S(=O)(=O)c1ccc([N+](=O)[O-])cc1. The Morgan fingerprint density at radius 3 is 2.23 bits per heavy atom. The van der Waals surface area contributed by atoms with Gasteiger partial charge in [-0.3, -0.25) is 14.9 Å². The van der Waals surface area contributed by atoms with Crippen molar-refractivity contribution in [2.24, 2.45) is 5.92 Å². The van der Waals surface area contributed by atoms with Crippen molar-refractivity contribution in [2.45, 2.75) is 43.7 Å². The number of carbonyl (C=O) groups excluding carboxylic acids is 2. The van der Waals surface area contributed by atoms with Gasteiger partial charge in [0, 0.05) is 38.8 Å². The fourth-order valence-corrected chi connectivity index (χ4v) is 5.41. The molecule has 0 heterocycles. The van der Waals surface area contributed by atoms with Crippen molar-refractivity contribution in [3.05, 3.63) is 70.3 Å². The highest BCUT2D eigenvalue weighted by Gasteiger charge is 2.32. The number of nitrogens with zero attached hydrogens (tertiary/aromatic N) is 3. The summed E-state index contributed by atoms with van der Waals surface area (Å²) >= 11 is 0. The Hall–Kier alpha value is -3.55. The molecule has 0 aromatic heterocycles. The van der Waals surface area contributed by atoms with Gasteiger partial charge in [-0.2, -0.15) is 4.31 Å². The third-order valence-corrected chi connectivity index (χ3v) is 7.79. The maximum absolute atomic E-state index is 13.5. The van der Waals surface area contributed by atoms with E-state index in [1.54, 1.807) is 0 Å². The summed E-state index contributed by atoms with van der Waals surface area (Å²) in [6.07, 6.45) is -1.11. The number of nitro benzene ring substituents is 1. The molecule has 0 saturated heterocycles. The minimum absolute atomic E-state index is 0.0119. The van der Waals surface area contributed by atoms with Crippen molar-refractivity contribution < 1.29 is 32.8 Å². The molecule has 2 N–H and O–H groups in total. The predicted octanol–water partition coefficient (Wildman–Crippen LogP) is 2.42. The zero-order chi connectivity index (χ0) is 29.2. The summed E-state index contributed by atoms with van der Waals surface area (Å²) in [5.74, 6) is -0.576. The highest BCUT2D eigenvalue weighted by atomic mass is 32.2. The molecular weight excluding hydrogens is 528 g/mol. The van der Waals surface area contributed by atoms with Crippen molar-refractivity contribution in [3.63, 3.8) is 0 Å². The van der Waals surface area contributed by atoms with Crippen molar-refractivity contribution in [2.75, 3.05) is 33.8 Å². The van der Waals surface area contributed by atoms with Crippen LogP contribution in [0.15, 0.2) is 59.5 Å². The number of non-ortho nitro benzene ring substituents is 1. The molecule has 2 aromatic carbocycles. The van der Waals surface area contributed by atoms with E-state index in [1.807, 2.05) is 44.2 Å². The van der Waals surface area contributed by atoms with Crippen LogP contribution in [-0.4, -0.2) is 85.6 Å². The number of esters is 1. The van der Waals surface area contributed by atoms with Gasteiger partial charge in [-0.1, -0.05) is 44.2 Å². The molecule has 0 saturated carbocycles. The molecule has 0 fully saturated rings. The first-order chi connectivity index (χ1) is 18.3. The molecule has 0 unspecified atom stereocenters. The molecule has 12 nitrogen and oxygen atoms in total. The highest BCUT2D eigenvalue weighted by molar-refractivity contribution is 7.89. The third-order valence-electron chi connectivity index (χ3n) is 5.94. The number of aliphatic hydroxyl groups is 1. The van der Waals surface area contributed by atoms with Crippen LogP contribution in [-0.2, 0) is 26.0 Å².